The number of hydrogen-bond acceptors (Lipinski definition) is 6. The molecule has 3 aromatic rings. The second-order valence-electron chi connectivity index (χ2n) is 6.62. The molecular weight excluding hydrogens is 396 g/mol. The van der Waals surface area contributed by atoms with Crippen LogP contribution in [0.5, 0.6) is 5.75 Å². The molecule has 0 saturated carbocycles. The van der Waals surface area contributed by atoms with Crippen molar-refractivity contribution in [1.29, 1.82) is 0 Å². The van der Waals surface area contributed by atoms with Crippen LogP contribution in [-0.4, -0.2) is 50.2 Å². The van der Waals surface area contributed by atoms with Crippen molar-refractivity contribution in [1.82, 2.24) is 30.4 Å². The van der Waals surface area contributed by atoms with Crippen LogP contribution >= 0.6 is 11.6 Å². The molecule has 0 bridgehead atoms. The summed E-state index contributed by atoms with van der Waals surface area (Å²) in [7, 11) is 0. The molecule has 1 unspecified atom stereocenters. The quantitative estimate of drug-likeness (QED) is 0.622. The molecular formula is C19H17ClN6O3. The maximum Gasteiger partial charge on any atom is 0.325 e. The van der Waals surface area contributed by atoms with E-state index in [0.29, 0.717) is 22.0 Å². The van der Waals surface area contributed by atoms with Crippen molar-refractivity contribution in [2.24, 2.45) is 0 Å². The van der Waals surface area contributed by atoms with Crippen LogP contribution in [0.1, 0.15) is 12.5 Å². The van der Waals surface area contributed by atoms with Gasteiger partial charge in [-0.2, -0.15) is 0 Å². The third-order valence-corrected chi connectivity index (χ3v) is 4.93. The van der Waals surface area contributed by atoms with Gasteiger partial charge in [-0.3, -0.25) is 9.69 Å². The van der Waals surface area contributed by atoms with E-state index >= 15 is 0 Å². The van der Waals surface area contributed by atoms with Crippen LogP contribution in [0, 0.1) is 0 Å². The molecule has 2 aromatic carbocycles. The van der Waals surface area contributed by atoms with Crippen molar-refractivity contribution >= 4 is 23.5 Å². The summed E-state index contributed by atoms with van der Waals surface area (Å²) in [5.74, 6) is 0.215. The van der Waals surface area contributed by atoms with Crippen molar-refractivity contribution < 1.29 is 14.3 Å². The van der Waals surface area contributed by atoms with Gasteiger partial charge in [-0.15, -0.1) is 5.10 Å². The molecule has 1 saturated heterocycles. The standard InChI is InChI=1S/C19H17ClN6O3/c1-19(13-4-2-6-15(10-13)26-12-21-23-24-26)17(27)25(18(28)22-19)8-9-29-16-7-3-5-14(20)11-16/h2-7,10-12H,8-9H2,1H3,(H,22,28). The normalized spacial score (nSPS) is 18.8. The van der Waals surface area contributed by atoms with E-state index in [0.717, 1.165) is 4.90 Å². The molecule has 3 amide bonds. The van der Waals surface area contributed by atoms with E-state index in [1.165, 1.54) is 11.0 Å². The Balaban J connectivity index is 1.49. The minimum absolute atomic E-state index is 0.111. The summed E-state index contributed by atoms with van der Waals surface area (Å²) in [5.41, 5.74) is 0.109. The molecule has 10 heteroatoms. The van der Waals surface area contributed by atoms with E-state index in [1.807, 2.05) is 0 Å². The first-order valence-electron chi connectivity index (χ1n) is 8.84. The molecule has 9 nitrogen and oxygen atoms in total. The molecule has 0 aliphatic carbocycles. The van der Waals surface area contributed by atoms with E-state index in [1.54, 1.807) is 55.5 Å². The lowest BCUT2D eigenvalue weighted by atomic mass is 9.91. The summed E-state index contributed by atoms with van der Waals surface area (Å²) in [4.78, 5) is 26.7. The van der Waals surface area contributed by atoms with Crippen molar-refractivity contribution in [2.45, 2.75) is 12.5 Å². The van der Waals surface area contributed by atoms with Gasteiger partial charge in [-0.05, 0) is 53.2 Å². The summed E-state index contributed by atoms with van der Waals surface area (Å²) in [6.45, 7) is 1.93. The van der Waals surface area contributed by atoms with E-state index in [9.17, 15) is 9.59 Å². The fourth-order valence-corrected chi connectivity index (χ4v) is 3.33. The summed E-state index contributed by atoms with van der Waals surface area (Å²) < 4.78 is 7.08. The zero-order chi connectivity index (χ0) is 20.4. The summed E-state index contributed by atoms with van der Waals surface area (Å²) >= 11 is 5.93. The number of tetrazole rings is 1. The van der Waals surface area contributed by atoms with Crippen LogP contribution in [0.2, 0.25) is 5.02 Å². The SMILES string of the molecule is CC1(c2cccc(-n3cnnn3)c2)NC(=O)N(CCOc2cccc(Cl)c2)C1=O. The smallest absolute Gasteiger partial charge is 0.325 e. The third-order valence-electron chi connectivity index (χ3n) is 4.69. The molecule has 1 aromatic heterocycles. The average Bonchev–Trinajstić information content (AvgIpc) is 3.32. The second kappa shape index (κ2) is 7.51. The van der Waals surface area contributed by atoms with Crippen molar-refractivity contribution in [3.8, 4) is 11.4 Å². The van der Waals surface area contributed by atoms with Crippen LogP contribution in [0.3, 0.4) is 0 Å². The number of nitrogens with one attached hydrogen (secondary N) is 1. The Morgan fingerprint density at radius 2 is 2.00 bits per heavy atom. The molecule has 1 atom stereocenters. The zero-order valence-electron chi connectivity index (χ0n) is 15.4. The van der Waals surface area contributed by atoms with Crippen LogP contribution in [-0.2, 0) is 10.3 Å². The van der Waals surface area contributed by atoms with Gasteiger partial charge in [0.25, 0.3) is 5.91 Å². The third kappa shape index (κ3) is 3.64. The zero-order valence-corrected chi connectivity index (χ0v) is 16.2. The summed E-state index contributed by atoms with van der Waals surface area (Å²) in [6, 6.07) is 13.6. The van der Waals surface area contributed by atoms with Gasteiger partial charge in [-0.1, -0.05) is 29.8 Å². The molecule has 1 aliphatic rings. The van der Waals surface area contributed by atoms with Gasteiger partial charge in [0.05, 0.1) is 12.2 Å². The Kier molecular flexibility index (Phi) is 4.89. The van der Waals surface area contributed by atoms with Crippen LogP contribution in [0.15, 0.2) is 54.9 Å². The van der Waals surface area contributed by atoms with Crippen molar-refractivity contribution in [3.05, 3.63) is 65.4 Å². The number of nitrogens with zero attached hydrogens (tertiary/aromatic N) is 5. The monoisotopic (exact) mass is 412 g/mol. The van der Waals surface area contributed by atoms with Gasteiger partial charge in [0.2, 0.25) is 0 Å². The maximum absolute atomic E-state index is 13.1. The first kappa shape index (κ1) is 18.9. The number of halogens is 1. The number of amides is 3. The summed E-state index contributed by atoms with van der Waals surface area (Å²) in [6.07, 6.45) is 1.45. The lowest BCUT2D eigenvalue weighted by Crippen LogP contribution is -2.41. The predicted octanol–water partition coefficient (Wildman–Crippen LogP) is 2.16. The van der Waals surface area contributed by atoms with Crippen LogP contribution in [0.25, 0.3) is 5.69 Å². The fourth-order valence-electron chi connectivity index (χ4n) is 3.15. The number of urea groups is 1. The maximum atomic E-state index is 13.1. The molecule has 2 heterocycles. The first-order chi connectivity index (χ1) is 14.0. The van der Waals surface area contributed by atoms with Crippen molar-refractivity contribution in [3.63, 3.8) is 0 Å². The number of hydrogen-bond donors (Lipinski definition) is 1. The van der Waals surface area contributed by atoms with Gasteiger partial charge in [0, 0.05) is 5.02 Å². The highest BCUT2D eigenvalue weighted by Gasteiger charge is 2.48. The number of carbonyl (C=O) groups is 2. The number of ether oxygens (including phenoxy) is 1. The van der Waals surface area contributed by atoms with Gasteiger partial charge >= 0.3 is 6.03 Å². The first-order valence-corrected chi connectivity index (χ1v) is 9.21. The number of rotatable bonds is 6. The molecule has 29 heavy (non-hydrogen) atoms. The van der Waals surface area contributed by atoms with E-state index in [2.05, 4.69) is 20.8 Å². The number of imide groups is 1. The molecule has 1 N–H and O–H groups in total. The Morgan fingerprint density at radius 1 is 1.17 bits per heavy atom. The molecule has 0 radical (unpaired) electrons. The Labute approximate surface area is 171 Å². The van der Waals surface area contributed by atoms with Gasteiger partial charge < -0.3 is 10.1 Å². The highest BCUT2D eigenvalue weighted by atomic mass is 35.5. The number of aromatic nitrogens is 4. The number of carbonyl (C=O) groups excluding carboxylic acids is 2. The highest BCUT2D eigenvalue weighted by molar-refractivity contribution is 6.30. The molecule has 4 rings (SSSR count). The van der Waals surface area contributed by atoms with Crippen LogP contribution < -0.4 is 10.1 Å². The van der Waals surface area contributed by atoms with E-state index < -0.39 is 11.6 Å². The topological polar surface area (TPSA) is 102 Å². The van der Waals surface area contributed by atoms with Crippen molar-refractivity contribution in [2.75, 3.05) is 13.2 Å². The fraction of sp³-hybridized carbons (Fsp3) is 0.211. The average molecular weight is 413 g/mol. The highest BCUT2D eigenvalue weighted by Crippen LogP contribution is 2.30. The minimum Gasteiger partial charge on any atom is -0.492 e. The minimum atomic E-state index is -1.20. The Hall–Kier alpha value is -3.46. The summed E-state index contributed by atoms with van der Waals surface area (Å²) in [5, 5.41) is 14.4. The second-order valence-corrected chi connectivity index (χ2v) is 7.06. The molecule has 148 valence electrons. The Bertz CT molecular complexity index is 1060. The largest absolute Gasteiger partial charge is 0.492 e. The van der Waals surface area contributed by atoms with Gasteiger partial charge in [-0.25, -0.2) is 9.48 Å². The molecule has 1 aliphatic heterocycles. The Morgan fingerprint density at radius 3 is 2.76 bits per heavy atom. The van der Waals surface area contributed by atoms with E-state index in [4.69, 9.17) is 16.3 Å². The van der Waals surface area contributed by atoms with Gasteiger partial charge in [0.1, 0.15) is 24.2 Å². The number of benzene rings is 2. The predicted molar refractivity (Wildman–Crippen MR) is 104 cm³/mol. The van der Waals surface area contributed by atoms with Crippen LogP contribution in [0.4, 0.5) is 4.79 Å². The lowest BCUT2D eigenvalue weighted by molar-refractivity contribution is -0.131. The van der Waals surface area contributed by atoms with Gasteiger partial charge in [0.15, 0.2) is 0 Å². The van der Waals surface area contributed by atoms with E-state index in [-0.39, 0.29) is 19.1 Å². The lowest BCUT2D eigenvalue weighted by Gasteiger charge is -2.22. The molecule has 1 fully saturated rings. The molecule has 0 spiro atoms.